The third-order valence-electron chi connectivity index (χ3n) is 2.78. The summed E-state index contributed by atoms with van der Waals surface area (Å²) in [7, 11) is 0. The average Bonchev–Trinajstić information content (AvgIpc) is 2.24. The Hall–Kier alpha value is -0.0800. The van der Waals surface area contributed by atoms with E-state index < -0.39 is 0 Å². The summed E-state index contributed by atoms with van der Waals surface area (Å²) < 4.78 is 0. The normalized spacial score (nSPS) is 56.7. The van der Waals surface area contributed by atoms with Gasteiger partial charge in [0.1, 0.15) is 0 Å². The lowest BCUT2D eigenvalue weighted by atomic mass is 9.95. The molecule has 2 nitrogen and oxygen atoms in total. The van der Waals surface area contributed by atoms with Gasteiger partial charge in [-0.05, 0) is 31.1 Å². The first-order chi connectivity index (χ1) is 4.27. The Morgan fingerprint density at radius 1 is 0.778 bits per heavy atom. The quantitative estimate of drug-likeness (QED) is 0.487. The van der Waals surface area contributed by atoms with Gasteiger partial charge in [-0.15, -0.1) is 0 Å². The standard InChI is InChI=1S/C7H12O2/c8-6-2-4-1-5(6)3-7(4)9/h4-9H,1-3H2/t4?,5?,6-,7-/m0/s1. The zero-order valence-electron chi connectivity index (χ0n) is 5.33. The van der Waals surface area contributed by atoms with Gasteiger partial charge in [0.15, 0.2) is 0 Å². The predicted molar refractivity (Wildman–Crippen MR) is 32.8 cm³/mol. The van der Waals surface area contributed by atoms with Gasteiger partial charge in [-0.3, -0.25) is 0 Å². The van der Waals surface area contributed by atoms with Crippen molar-refractivity contribution in [2.75, 3.05) is 0 Å². The van der Waals surface area contributed by atoms with Crippen LogP contribution in [0.1, 0.15) is 19.3 Å². The van der Waals surface area contributed by atoms with Crippen LogP contribution in [0.3, 0.4) is 0 Å². The van der Waals surface area contributed by atoms with Crippen LogP contribution >= 0.6 is 0 Å². The fraction of sp³-hybridized carbons (Fsp3) is 1.00. The molecule has 0 saturated heterocycles. The molecule has 2 heteroatoms. The highest BCUT2D eigenvalue weighted by Crippen LogP contribution is 2.44. The third-order valence-corrected chi connectivity index (χ3v) is 2.78. The zero-order chi connectivity index (χ0) is 6.43. The molecule has 2 fully saturated rings. The summed E-state index contributed by atoms with van der Waals surface area (Å²) in [6.45, 7) is 0. The molecule has 2 bridgehead atoms. The number of hydrogen-bond acceptors (Lipinski definition) is 2. The fourth-order valence-corrected chi connectivity index (χ4v) is 2.21. The Bertz CT molecular complexity index is 106. The van der Waals surface area contributed by atoms with Crippen molar-refractivity contribution in [1.82, 2.24) is 0 Å². The van der Waals surface area contributed by atoms with Crippen LogP contribution in [-0.2, 0) is 0 Å². The molecule has 0 spiro atoms. The summed E-state index contributed by atoms with van der Waals surface area (Å²) in [5.74, 6) is 0.843. The molecular weight excluding hydrogens is 116 g/mol. The van der Waals surface area contributed by atoms with Crippen molar-refractivity contribution >= 4 is 0 Å². The van der Waals surface area contributed by atoms with E-state index in [-0.39, 0.29) is 12.2 Å². The van der Waals surface area contributed by atoms with Gasteiger partial charge in [0.25, 0.3) is 0 Å². The first-order valence-corrected chi connectivity index (χ1v) is 3.63. The first-order valence-electron chi connectivity index (χ1n) is 3.63. The molecule has 4 atom stereocenters. The Kier molecular flexibility index (Phi) is 1.08. The van der Waals surface area contributed by atoms with Crippen molar-refractivity contribution in [3.8, 4) is 0 Å². The van der Waals surface area contributed by atoms with Crippen molar-refractivity contribution in [1.29, 1.82) is 0 Å². The van der Waals surface area contributed by atoms with Crippen molar-refractivity contribution in [2.45, 2.75) is 31.5 Å². The predicted octanol–water partition coefficient (Wildman–Crippen LogP) is 0.138. The lowest BCUT2D eigenvalue weighted by Crippen LogP contribution is -2.24. The lowest BCUT2D eigenvalue weighted by molar-refractivity contribution is 0.0447. The van der Waals surface area contributed by atoms with E-state index in [9.17, 15) is 10.2 Å². The Morgan fingerprint density at radius 3 is 1.44 bits per heavy atom. The number of hydrogen-bond donors (Lipinski definition) is 2. The molecule has 0 aliphatic heterocycles. The molecular formula is C7H12O2. The second-order valence-corrected chi connectivity index (χ2v) is 3.36. The minimum absolute atomic E-state index is 0.0987. The molecule has 2 saturated carbocycles. The van der Waals surface area contributed by atoms with Gasteiger partial charge in [0.05, 0.1) is 12.2 Å². The minimum Gasteiger partial charge on any atom is -0.393 e. The summed E-state index contributed by atoms with van der Waals surface area (Å²) in [4.78, 5) is 0. The number of aliphatic hydroxyl groups excluding tert-OH is 2. The van der Waals surface area contributed by atoms with Crippen molar-refractivity contribution in [2.24, 2.45) is 11.8 Å². The Labute approximate surface area is 54.5 Å². The van der Waals surface area contributed by atoms with Gasteiger partial charge in [-0.25, -0.2) is 0 Å². The van der Waals surface area contributed by atoms with E-state index in [0.29, 0.717) is 11.8 Å². The van der Waals surface area contributed by atoms with E-state index in [0.717, 1.165) is 19.3 Å². The summed E-state index contributed by atoms with van der Waals surface area (Å²) in [6, 6.07) is 0. The molecule has 0 amide bonds. The SMILES string of the molecule is O[C@H]1CC2CC1C[C@@H]2O. The Balaban J connectivity index is 2.10. The smallest absolute Gasteiger partial charge is 0.0573 e. The van der Waals surface area contributed by atoms with E-state index in [4.69, 9.17) is 0 Å². The molecule has 2 aliphatic carbocycles. The van der Waals surface area contributed by atoms with Gasteiger partial charge in [-0.2, -0.15) is 0 Å². The third kappa shape index (κ3) is 0.700. The van der Waals surface area contributed by atoms with Crippen LogP contribution in [0.4, 0.5) is 0 Å². The zero-order valence-corrected chi connectivity index (χ0v) is 5.33. The first kappa shape index (κ1) is 5.69. The van der Waals surface area contributed by atoms with E-state index in [1.54, 1.807) is 0 Å². The molecule has 0 aromatic heterocycles. The number of rotatable bonds is 0. The Morgan fingerprint density at radius 2 is 1.22 bits per heavy atom. The van der Waals surface area contributed by atoms with Gasteiger partial charge >= 0.3 is 0 Å². The van der Waals surface area contributed by atoms with E-state index in [1.807, 2.05) is 0 Å². The van der Waals surface area contributed by atoms with Crippen LogP contribution < -0.4 is 0 Å². The summed E-state index contributed by atoms with van der Waals surface area (Å²) in [6.07, 6.45) is 2.54. The number of aliphatic hydroxyl groups is 2. The molecule has 0 heterocycles. The molecule has 2 unspecified atom stereocenters. The summed E-state index contributed by atoms with van der Waals surface area (Å²) in [5, 5.41) is 18.5. The molecule has 2 rings (SSSR count). The van der Waals surface area contributed by atoms with E-state index >= 15 is 0 Å². The van der Waals surface area contributed by atoms with Crippen molar-refractivity contribution < 1.29 is 10.2 Å². The second kappa shape index (κ2) is 1.70. The van der Waals surface area contributed by atoms with E-state index in [1.165, 1.54) is 0 Å². The van der Waals surface area contributed by atoms with Gasteiger partial charge in [0.2, 0.25) is 0 Å². The van der Waals surface area contributed by atoms with Crippen LogP contribution in [0.15, 0.2) is 0 Å². The van der Waals surface area contributed by atoms with Crippen molar-refractivity contribution in [3.63, 3.8) is 0 Å². The summed E-state index contributed by atoms with van der Waals surface area (Å²) in [5.41, 5.74) is 0. The summed E-state index contributed by atoms with van der Waals surface area (Å²) >= 11 is 0. The monoisotopic (exact) mass is 128 g/mol. The minimum atomic E-state index is -0.0987. The highest BCUT2D eigenvalue weighted by atomic mass is 16.3. The van der Waals surface area contributed by atoms with Crippen molar-refractivity contribution in [3.05, 3.63) is 0 Å². The maximum atomic E-state index is 9.23. The highest BCUT2D eigenvalue weighted by Gasteiger charge is 2.44. The maximum Gasteiger partial charge on any atom is 0.0573 e. The van der Waals surface area contributed by atoms with E-state index in [2.05, 4.69) is 0 Å². The molecule has 0 aromatic carbocycles. The highest BCUT2D eigenvalue weighted by molar-refractivity contribution is 4.95. The molecule has 52 valence electrons. The molecule has 9 heavy (non-hydrogen) atoms. The van der Waals surface area contributed by atoms with Crippen LogP contribution in [0.2, 0.25) is 0 Å². The topological polar surface area (TPSA) is 40.5 Å². The van der Waals surface area contributed by atoms with Gasteiger partial charge < -0.3 is 10.2 Å². The number of fused-ring (bicyclic) bond motifs is 2. The lowest BCUT2D eigenvalue weighted by Gasteiger charge is -2.19. The molecule has 2 aliphatic rings. The maximum absolute atomic E-state index is 9.23. The average molecular weight is 128 g/mol. The van der Waals surface area contributed by atoms with Gasteiger partial charge in [0, 0.05) is 0 Å². The van der Waals surface area contributed by atoms with Gasteiger partial charge in [-0.1, -0.05) is 0 Å². The largest absolute Gasteiger partial charge is 0.393 e. The molecule has 2 N–H and O–H groups in total. The van der Waals surface area contributed by atoms with Crippen LogP contribution in [0.25, 0.3) is 0 Å². The van der Waals surface area contributed by atoms with Crippen LogP contribution in [0, 0.1) is 11.8 Å². The van der Waals surface area contributed by atoms with Crippen LogP contribution in [-0.4, -0.2) is 22.4 Å². The second-order valence-electron chi connectivity index (χ2n) is 3.36. The molecule has 0 aromatic rings. The van der Waals surface area contributed by atoms with Crippen LogP contribution in [0.5, 0.6) is 0 Å². The molecule has 0 radical (unpaired) electrons. The fourth-order valence-electron chi connectivity index (χ4n) is 2.21.